The number of hydrogen-bond acceptors (Lipinski definition) is 2. The number of nitrogens with one attached hydrogen (secondary N) is 1. The Labute approximate surface area is 106 Å². The summed E-state index contributed by atoms with van der Waals surface area (Å²) in [4.78, 5) is 0. The minimum Gasteiger partial charge on any atom is -0.496 e. The number of hydrogen-bond donors (Lipinski definition) is 1. The van der Waals surface area contributed by atoms with E-state index in [9.17, 15) is 0 Å². The number of benzene rings is 1. The predicted molar refractivity (Wildman–Crippen MR) is 70.1 cm³/mol. The van der Waals surface area contributed by atoms with Gasteiger partial charge in [0.1, 0.15) is 5.75 Å². The summed E-state index contributed by atoms with van der Waals surface area (Å²) in [6.07, 6.45) is 1.22. The predicted octanol–water partition coefficient (Wildman–Crippen LogP) is 3.17. The maximum Gasteiger partial charge on any atom is 0.133 e. The van der Waals surface area contributed by atoms with Crippen LogP contribution in [0.4, 0.5) is 0 Å². The topological polar surface area (TPSA) is 21.3 Å². The largest absolute Gasteiger partial charge is 0.496 e. The van der Waals surface area contributed by atoms with E-state index in [-0.39, 0.29) is 0 Å². The minimum absolute atomic E-state index is 0.670. The highest BCUT2D eigenvalue weighted by Crippen LogP contribution is 2.34. The molecule has 1 saturated heterocycles. The van der Waals surface area contributed by atoms with E-state index in [0.717, 1.165) is 23.3 Å². The first-order valence-electron chi connectivity index (χ1n) is 5.76. The summed E-state index contributed by atoms with van der Waals surface area (Å²) in [6, 6.07) is 6.44. The second-order valence-electron chi connectivity index (χ2n) is 4.47. The van der Waals surface area contributed by atoms with Crippen molar-refractivity contribution in [1.29, 1.82) is 0 Å². The second kappa shape index (κ2) is 5.19. The van der Waals surface area contributed by atoms with Crippen molar-refractivity contribution in [1.82, 2.24) is 5.32 Å². The Hall–Kier alpha value is -0.540. The van der Waals surface area contributed by atoms with Gasteiger partial charge in [0.05, 0.1) is 11.6 Å². The molecule has 0 amide bonds. The van der Waals surface area contributed by atoms with Gasteiger partial charge in [0.15, 0.2) is 0 Å². The van der Waals surface area contributed by atoms with Gasteiger partial charge in [-0.2, -0.15) is 0 Å². The Bertz CT molecular complexity index is 367. The fourth-order valence-electron chi connectivity index (χ4n) is 2.42. The first-order chi connectivity index (χ1) is 7.72. The highest BCUT2D eigenvalue weighted by Gasteiger charge is 2.23. The summed E-state index contributed by atoms with van der Waals surface area (Å²) in [5, 5.41) is 3.43. The van der Waals surface area contributed by atoms with Gasteiger partial charge in [0.25, 0.3) is 0 Å². The van der Waals surface area contributed by atoms with Gasteiger partial charge in [-0.05, 0) is 65.0 Å². The molecule has 2 unspecified atom stereocenters. The monoisotopic (exact) mass is 283 g/mol. The molecule has 2 atom stereocenters. The number of piperidine rings is 1. The molecule has 1 aliphatic heterocycles. The van der Waals surface area contributed by atoms with Crippen LogP contribution in [0.3, 0.4) is 0 Å². The molecule has 1 N–H and O–H groups in total. The molecule has 1 fully saturated rings. The van der Waals surface area contributed by atoms with Crippen molar-refractivity contribution in [3.05, 3.63) is 28.2 Å². The Balaban J connectivity index is 2.22. The highest BCUT2D eigenvalue weighted by atomic mass is 79.9. The van der Waals surface area contributed by atoms with E-state index in [4.69, 9.17) is 4.74 Å². The molecule has 0 aromatic heterocycles. The van der Waals surface area contributed by atoms with Crippen LogP contribution < -0.4 is 10.1 Å². The van der Waals surface area contributed by atoms with Gasteiger partial charge in [-0.15, -0.1) is 0 Å². The lowest BCUT2D eigenvalue weighted by atomic mass is 9.82. The van der Waals surface area contributed by atoms with Crippen LogP contribution in [0.5, 0.6) is 5.75 Å². The van der Waals surface area contributed by atoms with Gasteiger partial charge in [-0.1, -0.05) is 13.0 Å². The Morgan fingerprint density at radius 3 is 2.88 bits per heavy atom. The third-order valence-corrected chi connectivity index (χ3v) is 4.01. The molecule has 1 aliphatic rings. The Morgan fingerprint density at radius 1 is 1.44 bits per heavy atom. The maximum atomic E-state index is 5.25. The van der Waals surface area contributed by atoms with E-state index in [1.165, 1.54) is 12.0 Å². The number of ether oxygens (including phenoxy) is 1. The first kappa shape index (κ1) is 11.9. The molecule has 2 nitrogen and oxygen atoms in total. The molecule has 0 saturated carbocycles. The molecule has 0 bridgehead atoms. The third-order valence-electron chi connectivity index (χ3n) is 3.39. The van der Waals surface area contributed by atoms with Crippen LogP contribution in [0.2, 0.25) is 0 Å². The van der Waals surface area contributed by atoms with Crippen molar-refractivity contribution in [3.63, 3.8) is 0 Å². The fraction of sp³-hybridized carbons (Fsp3) is 0.538. The summed E-state index contributed by atoms with van der Waals surface area (Å²) < 4.78 is 6.31. The van der Waals surface area contributed by atoms with Gasteiger partial charge in [0, 0.05) is 0 Å². The highest BCUT2D eigenvalue weighted by molar-refractivity contribution is 9.10. The lowest BCUT2D eigenvalue weighted by Crippen LogP contribution is -2.33. The zero-order valence-electron chi connectivity index (χ0n) is 9.79. The lowest BCUT2D eigenvalue weighted by Gasteiger charge is -2.30. The number of methoxy groups -OCH3 is 1. The summed E-state index contributed by atoms with van der Waals surface area (Å²) in [5.41, 5.74) is 1.42. The van der Waals surface area contributed by atoms with E-state index in [2.05, 4.69) is 40.3 Å². The zero-order valence-corrected chi connectivity index (χ0v) is 11.4. The molecule has 3 heteroatoms. The van der Waals surface area contributed by atoms with Crippen LogP contribution in [-0.2, 0) is 0 Å². The van der Waals surface area contributed by atoms with Crippen molar-refractivity contribution in [2.75, 3.05) is 20.2 Å². The average molecular weight is 284 g/mol. The third kappa shape index (κ3) is 2.41. The zero-order chi connectivity index (χ0) is 11.5. The molecule has 0 aliphatic carbocycles. The van der Waals surface area contributed by atoms with Gasteiger partial charge in [0.2, 0.25) is 0 Å². The van der Waals surface area contributed by atoms with Crippen molar-refractivity contribution >= 4 is 15.9 Å². The van der Waals surface area contributed by atoms with E-state index in [1.807, 2.05) is 6.07 Å². The number of rotatable bonds is 2. The van der Waals surface area contributed by atoms with E-state index >= 15 is 0 Å². The van der Waals surface area contributed by atoms with Crippen LogP contribution in [0.1, 0.15) is 24.8 Å². The van der Waals surface area contributed by atoms with Crippen LogP contribution in [-0.4, -0.2) is 20.2 Å². The van der Waals surface area contributed by atoms with Crippen molar-refractivity contribution in [2.45, 2.75) is 19.3 Å². The van der Waals surface area contributed by atoms with Crippen molar-refractivity contribution in [3.8, 4) is 5.75 Å². The summed E-state index contributed by atoms with van der Waals surface area (Å²) in [5.74, 6) is 2.28. The normalized spacial score (nSPS) is 25.4. The van der Waals surface area contributed by atoms with E-state index in [1.54, 1.807) is 7.11 Å². The van der Waals surface area contributed by atoms with Gasteiger partial charge >= 0.3 is 0 Å². The standard InChI is InChI=1S/C13H18BrNO/c1-9-8-15-6-5-11(9)10-3-4-13(16-2)12(14)7-10/h3-4,7,9,11,15H,5-6,8H2,1-2H3. The molecule has 16 heavy (non-hydrogen) atoms. The molecule has 0 radical (unpaired) electrons. The molecule has 2 rings (SSSR count). The van der Waals surface area contributed by atoms with Gasteiger partial charge in [-0.3, -0.25) is 0 Å². The molecule has 88 valence electrons. The summed E-state index contributed by atoms with van der Waals surface area (Å²) in [6.45, 7) is 4.56. The quantitative estimate of drug-likeness (QED) is 0.900. The molecular weight excluding hydrogens is 266 g/mol. The van der Waals surface area contributed by atoms with Crippen LogP contribution in [0.25, 0.3) is 0 Å². The summed E-state index contributed by atoms with van der Waals surface area (Å²) >= 11 is 3.55. The van der Waals surface area contributed by atoms with Gasteiger partial charge < -0.3 is 10.1 Å². The fourth-order valence-corrected chi connectivity index (χ4v) is 2.98. The van der Waals surface area contributed by atoms with Crippen molar-refractivity contribution in [2.24, 2.45) is 5.92 Å². The van der Waals surface area contributed by atoms with Gasteiger partial charge in [-0.25, -0.2) is 0 Å². The smallest absolute Gasteiger partial charge is 0.133 e. The molecule has 1 aromatic carbocycles. The van der Waals surface area contributed by atoms with Crippen LogP contribution >= 0.6 is 15.9 Å². The molecular formula is C13H18BrNO. The van der Waals surface area contributed by atoms with Crippen LogP contribution in [0.15, 0.2) is 22.7 Å². The number of halogens is 1. The minimum atomic E-state index is 0.670. The average Bonchev–Trinajstić information content (AvgIpc) is 2.29. The lowest BCUT2D eigenvalue weighted by molar-refractivity contribution is 0.349. The van der Waals surface area contributed by atoms with E-state index in [0.29, 0.717) is 11.8 Å². The van der Waals surface area contributed by atoms with Crippen molar-refractivity contribution < 1.29 is 4.74 Å². The maximum absolute atomic E-state index is 5.25. The molecule has 0 spiro atoms. The molecule has 1 aromatic rings. The SMILES string of the molecule is COc1ccc(C2CCNCC2C)cc1Br. The second-order valence-corrected chi connectivity index (χ2v) is 5.32. The first-order valence-corrected chi connectivity index (χ1v) is 6.56. The summed E-state index contributed by atoms with van der Waals surface area (Å²) in [7, 11) is 1.70. The Kier molecular flexibility index (Phi) is 3.87. The molecule has 1 heterocycles. The van der Waals surface area contributed by atoms with Crippen LogP contribution in [0, 0.1) is 5.92 Å². The van der Waals surface area contributed by atoms with E-state index < -0.39 is 0 Å². The Morgan fingerprint density at radius 2 is 2.25 bits per heavy atom.